The highest BCUT2D eigenvalue weighted by molar-refractivity contribution is 5.76. The molecule has 1 aromatic rings. The second-order valence-corrected chi connectivity index (χ2v) is 3.99. The van der Waals surface area contributed by atoms with Crippen LogP contribution in [-0.2, 0) is 4.79 Å². The molecule has 0 radical (unpaired) electrons. The fourth-order valence-electron chi connectivity index (χ4n) is 1.39. The molecule has 3 N–H and O–H groups in total. The van der Waals surface area contributed by atoms with Gasteiger partial charge < -0.3 is 20.7 Å². The van der Waals surface area contributed by atoms with Gasteiger partial charge in [-0.05, 0) is 23.8 Å². The minimum atomic E-state index is -0.319. The number of methoxy groups -OCH3 is 1. The van der Waals surface area contributed by atoms with Crippen molar-refractivity contribution in [1.29, 1.82) is 0 Å². The lowest BCUT2D eigenvalue weighted by Crippen LogP contribution is -2.37. The average molecular weight is 277 g/mol. The minimum absolute atomic E-state index is 0.119. The number of amides is 3. The number of benzene rings is 1. The van der Waals surface area contributed by atoms with Crippen LogP contribution in [0.1, 0.15) is 12.5 Å². The standard InChI is InChI=1S/C14H19N3O3/c1-11(18)15-9-10-17-14(19)16-8-7-12-3-5-13(20-2)6-4-12/h3-8H,9-10H2,1-2H3,(H,15,18)(H2,16,17,19)/b8-7+. The van der Waals surface area contributed by atoms with Crippen LogP contribution in [0.4, 0.5) is 4.79 Å². The van der Waals surface area contributed by atoms with Gasteiger partial charge in [-0.2, -0.15) is 0 Å². The van der Waals surface area contributed by atoms with E-state index in [2.05, 4.69) is 16.0 Å². The molecule has 0 fully saturated rings. The maximum atomic E-state index is 11.4. The maximum absolute atomic E-state index is 11.4. The molecule has 0 saturated heterocycles. The normalized spacial score (nSPS) is 10.1. The van der Waals surface area contributed by atoms with E-state index in [1.165, 1.54) is 6.92 Å². The van der Waals surface area contributed by atoms with Crippen LogP contribution in [-0.4, -0.2) is 32.1 Å². The zero-order valence-electron chi connectivity index (χ0n) is 11.6. The van der Waals surface area contributed by atoms with Crippen LogP contribution in [0.25, 0.3) is 6.08 Å². The van der Waals surface area contributed by atoms with E-state index in [0.717, 1.165) is 11.3 Å². The molecule has 0 aliphatic carbocycles. The van der Waals surface area contributed by atoms with Crippen molar-refractivity contribution in [2.45, 2.75) is 6.92 Å². The zero-order chi connectivity index (χ0) is 14.8. The zero-order valence-corrected chi connectivity index (χ0v) is 11.6. The summed E-state index contributed by atoms with van der Waals surface area (Å²) in [6.07, 6.45) is 3.32. The Kier molecular flexibility index (Phi) is 6.67. The molecule has 1 rings (SSSR count). The molecule has 1 aromatic carbocycles. The first-order chi connectivity index (χ1) is 9.61. The molecule has 0 bridgehead atoms. The van der Waals surface area contributed by atoms with E-state index in [1.807, 2.05) is 24.3 Å². The van der Waals surface area contributed by atoms with Gasteiger partial charge in [-0.1, -0.05) is 12.1 Å². The molecule has 0 aromatic heterocycles. The monoisotopic (exact) mass is 277 g/mol. The Morgan fingerprint density at radius 3 is 2.40 bits per heavy atom. The topological polar surface area (TPSA) is 79.5 Å². The van der Waals surface area contributed by atoms with Gasteiger partial charge in [-0.3, -0.25) is 4.79 Å². The third kappa shape index (κ3) is 6.44. The lowest BCUT2D eigenvalue weighted by Gasteiger charge is -2.04. The molecule has 6 nitrogen and oxygen atoms in total. The van der Waals surface area contributed by atoms with Gasteiger partial charge in [0.05, 0.1) is 7.11 Å². The number of carbonyl (C=O) groups excluding carboxylic acids is 2. The number of ether oxygens (including phenoxy) is 1. The molecule has 0 heterocycles. The van der Waals surface area contributed by atoms with E-state index in [-0.39, 0.29) is 11.9 Å². The van der Waals surface area contributed by atoms with Crippen molar-refractivity contribution in [3.05, 3.63) is 36.0 Å². The highest BCUT2D eigenvalue weighted by atomic mass is 16.5. The van der Waals surface area contributed by atoms with Crippen LogP contribution in [0.5, 0.6) is 5.75 Å². The predicted octanol–water partition coefficient (Wildman–Crippen LogP) is 1.10. The summed E-state index contributed by atoms with van der Waals surface area (Å²) in [5, 5.41) is 7.76. The van der Waals surface area contributed by atoms with Crippen molar-refractivity contribution in [1.82, 2.24) is 16.0 Å². The Morgan fingerprint density at radius 1 is 1.15 bits per heavy atom. The van der Waals surface area contributed by atoms with E-state index < -0.39 is 0 Å². The average Bonchev–Trinajstić information content (AvgIpc) is 2.44. The summed E-state index contributed by atoms with van der Waals surface area (Å²) in [6.45, 7) is 2.21. The van der Waals surface area contributed by atoms with E-state index in [4.69, 9.17) is 4.74 Å². The summed E-state index contributed by atoms with van der Waals surface area (Å²) in [5.74, 6) is 0.664. The molecule has 0 saturated carbocycles. The maximum Gasteiger partial charge on any atom is 0.318 e. The van der Waals surface area contributed by atoms with Crippen molar-refractivity contribution >= 4 is 18.0 Å². The third-order valence-corrected chi connectivity index (χ3v) is 2.39. The van der Waals surface area contributed by atoms with Crippen LogP contribution < -0.4 is 20.7 Å². The number of hydrogen-bond acceptors (Lipinski definition) is 3. The van der Waals surface area contributed by atoms with Gasteiger partial charge in [0.1, 0.15) is 5.75 Å². The molecule has 6 heteroatoms. The molecule has 0 aliphatic rings. The van der Waals surface area contributed by atoms with Crippen LogP contribution >= 0.6 is 0 Å². The van der Waals surface area contributed by atoms with Crippen LogP contribution in [0.15, 0.2) is 30.5 Å². The van der Waals surface area contributed by atoms with Gasteiger partial charge in [-0.15, -0.1) is 0 Å². The number of rotatable bonds is 6. The second-order valence-electron chi connectivity index (χ2n) is 3.99. The van der Waals surface area contributed by atoms with Gasteiger partial charge in [0.25, 0.3) is 0 Å². The summed E-state index contributed by atoms with van der Waals surface area (Å²) in [4.78, 5) is 22.0. The van der Waals surface area contributed by atoms with Crippen molar-refractivity contribution in [3.63, 3.8) is 0 Å². The van der Waals surface area contributed by atoms with Crippen LogP contribution in [0.3, 0.4) is 0 Å². The van der Waals surface area contributed by atoms with Crippen molar-refractivity contribution in [2.24, 2.45) is 0 Å². The first-order valence-corrected chi connectivity index (χ1v) is 6.21. The number of carbonyl (C=O) groups is 2. The van der Waals surface area contributed by atoms with Crippen molar-refractivity contribution in [3.8, 4) is 5.75 Å². The molecule has 0 aliphatic heterocycles. The van der Waals surface area contributed by atoms with E-state index in [1.54, 1.807) is 19.4 Å². The largest absolute Gasteiger partial charge is 0.497 e. The van der Waals surface area contributed by atoms with Crippen LogP contribution in [0.2, 0.25) is 0 Å². The molecule has 108 valence electrons. The first kappa shape index (κ1) is 15.6. The number of urea groups is 1. The SMILES string of the molecule is COc1ccc(/C=C/NC(=O)NCCNC(C)=O)cc1. The third-order valence-electron chi connectivity index (χ3n) is 2.39. The van der Waals surface area contributed by atoms with Crippen LogP contribution in [0, 0.1) is 0 Å². The highest BCUT2D eigenvalue weighted by Crippen LogP contribution is 2.11. The predicted molar refractivity (Wildman–Crippen MR) is 77.2 cm³/mol. The minimum Gasteiger partial charge on any atom is -0.497 e. The van der Waals surface area contributed by atoms with E-state index in [0.29, 0.717) is 13.1 Å². The van der Waals surface area contributed by atoms with Gasteiger partial charge in [0, 0.05) is 26.2 Å². The van der Waals surface area contributed by atoms with Gasteiger partial charge in [0.2, 0.25) is 5.91 Å². The van der Waals surface area contributed by atoms with Crippen molar-refractivity contribution in [2.75, 3.05) is 20.2 Å². The van der Waals surface area contributed by atoms with Gasteiger partial charge >= 0.3 is 6.03 Å². The van der Waals surface area contributed by atoms with Gasteiger partial charge in [-0.25, -0.2) is 4.79 Å². The smallest absolute Gasteiger partial charge is 0.318 e. The lowest BCUT2D eigenvalue weighted by atomic mass is 10.2. The molecule has 0 atom stereocenters. The summed E-state index contributed by atoms with van der Waals surface area (Å²) in [7, 11) is 1.61. The Balaban J connectivity index is 2.25. The Morgan fingerprint density at radius 2 is 1.80 bits per heavy atom. The summed E-state index contributed by atoms with van der Waals surface area (Å²) in [5.41, 5.74) is 0.948. The van der Waals surface area contributed by atoms with Gasteiger partial charge in [0.15, 0.2) is 0 Å². The molecule has 20 heavy (non-hydrogen) atoms. The van der Waals surface area contributed by atoms with E-state index in [9.17, 15) is 9.59 Å². The summed E-state index contributed by atoms with van der Waals surface area (Å²) >= 11 is 0. The first-order valence-electron chi connectivity index (χ1n) is 6.21. The summed E-state index contributed by atoms with van der Waals surface area (Å²) < 4.78 is 5.05. The second kappa shape index (κ2) is 8.58. The quantitative estimate of drug-likeness (QED) is 0.681. The molecule has 3 amide bonds. The lowest BCUT2D eigenvalue weighted by molar-refractivity contribution is -0.118. The Bertz CT molecular complexity index is 469. The fourth-order valence-corrected chi connectivity index (χ4v) is 1.39. The summed E-state index contributed by atoms with van der Waals surface area (Å²) in [6, 6.07) is 7.12. The van der Waals surface area contributed by atoms with Crippen molar-refractivity contribution < 1.29 is 14.3 Å². The molecular weight excluding hydrogens is 258 g/mol. The Labute approximate surface area is 118 Å². The Hall–Kier alpha value is -2.50. The molecular formula is C14H19N3O3. The van der Waals surface area contributed by atoms with E-state index >= 15 is 0 Å². The highest BCUT2D eigenvalue weighted by Gasteiger charge is 1.96. The molecule has 0 spiro atoms. The number of nitrogens with one attached hydrogen (secondary N) is 3. The molecule has 0 unspecified atom stereocenters. The fraction of sp³-hybridized carbons (Fsp3) is 0.286. The number of hydrogen-bond donors (Lipinski definition) is 3.